The number of hydrogen-bond donors (Lipinski definition) is 1. The third-order valence-corrected chi connectivity index (χ3v) is 4.88. The summed E-state index contributed by atoms with van der Waals surface area (Å²) in [4.78, 5) is 12.9. The van der Waals surface area contributed by atoms with Crippen molar-refractivity contribution in [3.8, 4) is 11.5 Å². The Balaban J connectivity index is 1.92. The van der Waals surface area contributed by atoms with Gasteiger partial charge in [-0.3, -0.25) is 4.79 Å². The van der Waals surface area contributed by atoms with Gasteiger partial charge in [0.2, 0.25) is 0 Å². The Hall–Kier alpha value is -3.41. The molecule has 0 bridgehead atoms. The average Bonchev–Trinajstić information content (AvgIpc) is 2.74. The standard InChI is InChI=1S/C24H22F2O4/c1-29-22-10-7-18(25)13-15(22)6-9-21(27)20-5-3-4-16(24(20)28)12-17-14-19(26)8-11-23(17)30-2/h6-14,27H,3-5H2,1-2H3. The van der Waals surface area contributed by atoms with E-state index in [1.54, 1.807) is 6.08 Å². The molecule has 0 spiro atoms. The maximum absolute atomic E-state index is 13.6. The first-order chi connectivity index (χ1) is 14.4. The summed E-state index contributed by atoms with van der Waals surface area (Å²) in [6.45, 7) is 0. The molecule has 1 fully saturated rings. The Kier molecular flexibility index (Phi) is 6.67. The van der Waals surface area contributed by atoms with Gasteiger partial charge in [0.25, 0.3) is 0 Å². The van der Waals surface area contributed by atoms with Crippen molar-refractivity contribution in [2.75, 3.05) is 14.2 Å². The predicted molar refractivity (Wildman–Crippen MR) is 111 cm³/mol. The summed E-state index contributed by atoms with van der Waals surface area (Å²) in [5, 5.41) is 10.5. The van der Waals surface area contributed by atoms with E-state index in [0.29, 0.717) is 47.5 Å². The number of rotatable bonds is 5. The fraction of sp³-hybridized carbons (Fsp3) is 0.208. The van der Waals surface area contributed by atoms with Crippen LogP contribution in [0.15, 0.2) is 59.4 Å². The Bertz CT molecular complexity index is 1050. The molecule has 1 N–H and O–H groups in total. The van der Waals surface area contributed by atoms with Crippen LogP contribution in [-0.4, -0.2) is 25.1 Å². The van der Waals surface area contributed by atoms with Gasteiger partial charge in [-0.25, -0.2) is 8.78 Å². The number of ketones is 1. The number of aliphatic hydroxyl groups excluding tert-OH is 1. The van der Waals surface area contributed by atoms with Crippen molar-refractivity contribution in [3.63, 3.8) is 0 Å². The predicted octanol–water partition coefficient (Wildman–Crippen LogP) is 5.64. The van der Waals surface area contributed by atoms with Gasteiger partial charge in [-0.1, -0.05) is 0 Å². The van der Waals surface area contributed by atoms with Gasteiger partial charge in [0.15, 0.2) is 5.78 Å². The molecule has 1 aliphatic rings. The highest BCUT2D eigenvalue weighted by atomic mass is 19.1. The molecule has 1 aliphatic carbocycles. The summed E-state index contributed by atoms with van der Waals surface area (Å²) in [5.41, 5.74) is 1.62. The van der Waals surface area contributed by atoms with Crippen LogP contribution in [0.4, 0.5) is 8.78 Å². The molecular weight excluding hydrogens is 390 g/mol. The molecule has 4 nitrogen and oxygen atoms in total. The lowest BCUT2D eigenvalue weighted by molar-refractivity contribution is -0.113. The van der Waals surface area contributed by atoms with Crippen LogP contribution < -0.4 is 9.47 Å². The molecule has 0 aliphatic heterocycles. The molecule has 0 heterocycles. The first-order valence-electron chi connectivity index (χ1n) is 9.45. The minimum absolute atomic E-state index is 0.192. The summed E-state index contributed by atoms with van der Waals surface area (Å²) in [6, 6.07) is 8.12. The van der Waals surface area contributed by atoms with Gasteiger partial charge in [0.1, 0.15) is 28.9 Å². The number of ether oxygens (including phenoxy) is 2. The van der Waals surface area contributed by atoms with Crippen molar-refractivity contribution in [2.45, 2.75) is 19.3 Å². The van der Waals surface area contributed by atoms with E-state index in [0.717, 1.165) is 0 Å². The van der Waals surface area contributed by atoms with Crippen LogP contribution in [0.1, 0.15) is 30.4 Å². The van der Waals surface area contributed by atoms with Gasteiger partial charge < -0.3 is 14.6 Å². The highest BCUT2D eigenvalue weighted by Crippen LogP contribution is 2.31. The second-order valence-corrected chi connectivity index (χ2v) is 6.82. The Morgan fingerprint density at radius 3 is 2.20 bits per heavy atom. The maximum Gasteiger partial charge on any atom is 0.188 e. The molecule has 1 saturated carbocycles. The van der Waals surface area contributed by atoms with E-state index >= 15 is 0 Å². The smallest absolute Gasteiger partial charge is 0.188 e. The summed E-state index contributed by atoms with van der Waals surface area (Å²) in [7, 11) is 2.94. The number of benzene rings is 2. The van der Waals surface area contributed by atoms with Crippen LogP contribution in [0.25, 0.3) is 12.2 Å². The van der Waals surface area contributed by atoms with Gasteiger partial charge in [-0.15, -0.1) is 0 Å². The number of Topliss-reactive ketones (excluding diaryl/α,β-unsaturated/α-hetero) is 1. The fourth-order valence-corrected chi connectivity index (χ4v) is 3.37. The summed E-state index contributed by atoms with van der Waals surface area (Å²) >= 11 is 0. The topological polar surface area (TPSA) is 55.8 Å². The lowest BCUT2D eigenvalue weighted by Crippen LogP contribution is -2.14. The normalized spacial score (nSPS) is 17.5. The molecule has 0 saturated heterocycles. The van der Waals surface area contributed by atoms with Crippen molar-refractivity contribution in [2.24, 2.45) is 0 Å². The largest absolute Gasteiger partial charge is 0.508 e. The molecule has 0 atom stereocenters. The van der Waals surface area contributed by atoms with Crippen molar-refractivity contribution in [1.82, 2.24) is 0 Å². The van der Waals surface area contributed by atoms with Crippen LogP contribution in [0, 0.1) is 11.6 Å². The third kappa shape index (κ3) is 4.76. The minimum Gasteiger partial charge on any atom is -0.508 e. The molecule has 30 heavy (non-hydrogen) atoms. The fourth-order valence-electron chi connectivity index (χ4n) is 3.37. The second-order valence-electron chi connectivity index (χ2n) is 6.82. The zero-order chi connectivity index (χ0) is 21.7. The van der Waals surface area contributed by atoms with Crippen LogP contribution in [0.3, 0.4) is 0 Å². The van der Waals surface area contributed by atoms with Crippen LogP contribution >= 0.6 is 0 Å². The molecule has 156 valence electrons. The van der Waals surface area contributed by atoms with E-state index in [4.69, 9.17) is 9.47 Å². The molecule has 2 aromatic rings. The van der Waals surface area contributed by atoms with E-state index < -0.39 is 11.6 Å². The lowest BCUT2D eigenvalue weighted by atomic mass is 9.87. The number of allylic oxidation sites excluding steroid dienone is 3. The lowest BCUT2D eigenvalue weighted by Gasteiger charge is -2.17. The number of carbonyl (C=O) groups is 1. The Morgan fingerprint density at radius 2 is 1.57 bits per heavy atom. The SMILES string of the molecule is COc1ccc(F)cc1C=CC(O)=C1CCCC(=Cc2cc(F)ccc2OC)C1=O. The molecule has 6 heteroatoms. The van der Waals surface area contributed by atoms with Crippen molar-refractivity contribution in [1.29, 1.82) is 0 Å². The van der Waals surface area contributed by atoms with Crippen LogP contribution in [0.2, 0.25) is 0 Å². The van der Waals surface area contributed by atoms with Crippen LogP contribution in [0.5, 0.6) is 11.5 Å². The van der Waals surface area contributed by atoms with E-state index in [2.05, 4.69) is 0 Å². The summed E-state index contributed by atoms with van der Waals surface area (Å²) in [6.07, 6.45) is 6.02. The number of carbonyl (C=O) groups excluding carboxylic acids is 1. The molecule has 3 rings (SSSR count). The quantitative estimate of drug-likeness (QED) is 0.510. The first kappa shape index (κ1) is 21.3. The first-order valence-corrected chi connectivity index (χ1v) is 9.45. The van der Waals surface area contributed by atoms with Gasteiger partial charge in [-0.05, 0) is 73.9 Å². The number of hydrogen-bond acceptors (Lipinski definition) is 4. The van der Waals surface area contributed by atoms with Gasteiger partial charge >= 0.3 is 0 Å². The van der Waals surface area contributed by atoms with E-state index in [9.17, 15) is 18.7 Å². The Labute approximate surface area is 173 Å². The van der Waals surface area contributed by atoms with Crippen LogP contribution in [-0.2, 0) is 4.79 Å². The Morgan fingerprint density at radius 1 is 0.967 bits per heavy atom. The highest BCUT2D eigenvalue weighted by Gasteiger charge is 2.23. The van der Waals surface area contributed by atoms with Gasteiger partial charge in [0.05, 0.1) is 14.2 Å². The van der Waals surface area contributed by atoms with E-state index in [1.807, 2.05) is 0 Å². The van der Waals surface area contributed by atoms with Gasteiger partial charge in [-0.2, -0.15) is 0 Å². The zero-order valence-corrected chi connectivity index (χ0v) is 16.7. The molecule has 0 amide bonds. The van der Waals surface area contributed by atoms with Crippen molar-refractivity contribution < 1.29 is 28.2 Å². The van der Waals surface area contributed by atoms with Crippen molar-refractivity contribution in [3.05, 3.63) is 82.1 Å². The number of methoxy groups -OCH3 is 2. The molecule has 0 unspecified atom stereocenters. The average molecular weight is 412 g/mol. The van der Waals surface area contributed by atoms with Gasteiger partial charge in [0, 0.05) is 22.3 Å². The number of halogens is 2. The zero-order valence-electron chi connectivity index (χ0n) is 16.7. The monoisotopic (exact) mass is 412 g/mol. The minimum atomic E-state index is -0.439. The van der Waals surface area contributed by atoms with Crippen molar-refractivity contribution >= 4 is 17.9 Å². The summed E-state index contributed by atoms with van der Waals surface area (Å²) < 4.78 is 37.5. The molecule has 0 aromatic heterocycles. The number of aliphatic hydroxyl groups is 1. The second kappa shape index (κ2) is 9.39. The van der Waals surface area contributed by atoms with E-state index in [1.165, 1.54) is 62.8 Å². The third-order valence-electron chi connectivity index (χ3n) is 4.88. The molecule has 2 aromatic carbocycles. The maximum atomic E-state index is 13.6. The summed E-state index contributed by atoms with van der Waals surface area (Å²) in [5.74, 6) is -0.472. The molecular formula is C24H22F2O4. The highest BCUT2D eigenvalue weighted by molar-refractivity contribution is 6.12. The van der Waals surface area contributed by atoms with E-state index in [-0.39, 0.29) is 17.1 Å². The molecule has 0 radical (unpaired) electrons.